The van der Waals surface area contributed by atoms with Crippen LogP contribution in [0.1, 0.15) is 29.6 Å². The minimum Gasteiger partial charge on any atom is -0.361 e. The van der Waals surface area contributed by atoms with Gasteiger partial charge >= 0.3 is 18.2 Å². The first-order valence-electron chi connectivity index (χ1n) is 12.7. The number of hydrogen-bond acceptors (Lipinski definition) is 8. The van der Waals surface area contributed by atoms with Gasteiger partial charge in [-0.05, 0) is 41.1 Å². The Bertz CT molecular complexity index is 2130. The van der Waals surface area contributed by atoms with Gasteiger partial charge in [-0.25, -0.2) is 4.98 Å². The second-order valence-electron chi connectivity index (χ2n) is 8.66. The molecule has 0 spiro atoms. The average Bonchev–Trinajstić information content (AvgIpc) is 3.83. The summed E-state index contributed by atoms with van der Waals surface area (Å²) in [6.07, 6.45) is -5.75. The summed E-state index contributed by atoms with van der Waals surface area (Å²) in [7, 11) is 0. The Morgan fingerprint density at radius 3 is 2.22 bits per heavy atom. The molecular weight excluding hydrogens is 682 g/mol. The number of aromatic nitrogens is 5. The lowest BCUT2D eigenvalue weighted by Gasteiger charge is -2.06. The van der Waals surface area contributed by atoms with Gasteiger partial charge in [0.1, 0.15) is 15.3 Å². The maximum Gasteiger partial charge on any atom is 0.471 e. The third kappa shape index (κ3) is 6.47. The van der Waals surface area contributed by atoms with Crippen molar-refractivity contribution in [2.24, 2.45) is 0 Å². The molecule has 0 fully saturated rings. The fourth-order valence-electron chi connectivity index (χ4n) is 4.22. The maximum atomic E-state index is 12.9. The van der Waals surface area contributed by atoms with E-state index in [0.29, 0.717) is 37.1 Å². The second kappa shape index (κ2) is 12.7. The number of hydrogen-bond donors (Lipinski definition) is 2. The van der Waals surface area contributed by atoms with Gasteiger partial charge in [0.15, 0.2) is 10.7 Å². The summed E-state index contributed by atoms with van der Waals surface area (Å²) in [5.41, 5.74) is 3.96. The van der Waals surface area contributed by atoms with Crippen molar-refractivity contribution in [2.45, 2.75) is 26.2 Å². The van der Waals surface area contributed by atoms with Crippen molar-refractivity contribution >= 4 is 66.9 Å². The number of benzene rings is 1. The van der Waals surface area contributed by atoms with Crippen LogP contribution >= 0.6 is 45.6 Å². The Labute approximate surface area is 266 Å². The number of nitrogens with one attached hydrogen (secondary N) is 2. The number of thiazole rings is 1. The number of alkyl halides is 6. The Balaban J connectivity index is 0.000000173. The zero-order chi connectivity index (χ0) is 32.5. The van der Waals surface area contributed by atoms with Gasteiger partial charge in [0.2, 0.25) is 5.82 Å². The molecule has 45 heavy (non-hydrogen) atoms. The van der Waals surface area contributed by atoms with Crippen LogP contribution in [0.25, 0.3) is 54.9 Å². The highest BCUT2D eigenvalue weighted by Crippen LogP contribution is 2.44. The highest BCUT2D eigenvalue weighted by Gasteiger charge is 2.38. The quantitative estimate of drug-likeness (QED) is 0.179. The molecule has 0 unspecified atom stereocenters. The Morgan fingerprint density at radius 1 is 0.867 bits per heavy atom. The molecule has 0 aliphatic carbocycles. The normalized spacial score (nSPS) is 11.6. The van der Waals surface area contributed by atoms with Crippen molar-refractivity contribution in [2.75, 3.05) is 0 Å². The van der Waals surface area contributed by atoms with Crippen LogP contribution < -0.4 is 0 Å². The summed E-state index contributed by atoms with van der Waals surface area (Å²) in [5.74, 6) is -1.49. The lowest BCUT2D eigenvalue weighted by Crippen LogP contribution is -2.04. The number of nitriles is 1. The van der Waals surface area contributed by atoms with E-state index in [-0.39, 0.29) is 16.4 Å². The van der Waals surface area contributed by atoms with E-state index < -0.39 is 23.1 Å². The lowest BCUT2D eigenvalue weighted by molar-refractivity contribution is -0.159. The highest BCUT2D eigenvalue weighted by molar-refractivity contribution is 7.19. The van der Waals surface area contributed by atoms with E-state index in [9.17, 15) is 26.3 Å². The summed E-state index contributed by atoms with van der Waals surface area (Å²) < 4.78 is 81.9. The molecule has 0 saturated carbocycles. The summed E-state index contributed by atoms with van der Waals surface area (Å²) in [6.45, 7) is 4.00. The van der Waals surface area contributed by atoms with Crippen LogP contribution in [0.15, 0.2) is 58.0 Å². The van der Waals surface area contributed by atoms with Gasteiger partial charge in [-0.1, -0.05) is 30.6 Å². The fourth-order valence-corrected chi connectivity index (χ4v) is 6.80. The molecule has 0 amide bonds. The fraction of sp³-hybridized carbons (Fsp3) is 0.143. The van der Waals surface area contributed by atoms with Gasteiger partial charge < -0.3 is 14.5 Å². The zero-order valence-electron chi connectivity index (χ0n) is 22.8. The standard InChI is InChI=1S/C15H7ClF3N3OS.C11H4F3N3S2.C2H6/c16-12-8(3-4-24-12)10-6-20-11-2-1-7(5-9(10)11)13-21-14(23-22-13)15(17,18)19;12-11(13,14)9-5(1-2-18-9)6-4-16-10-8(6)19-7(3-15)17-10;1-2/h1-6,20H;1-2,4,16H;1-2H3. The van der Waals surface area contributed by atoms with Crippen molar-refractivity contribution in [3.05, 3.63) is 73.6 Å². The van der Waals surface area contributed by atoms with Crippen molar-refractivity contribution in [1.82, 2.24) is 25.1 Å². The van der Waals surface area contributed by atoms with Gasteiger partial charge in [0, 0.05) is 51.1 Å². The topological polar surface area (TPSA) is 107 Å². The SMILES string of the molecule is CC.FC(F)(F)c1nc(-c2ccc3[nH]cc(-c4ccsc4Cl)c3c2)no1.N#Cc1nc2[nH]cc(-c3ccsc3C(F)(F)F)c2s1. The molecule has 7 nitrogen and oxygen atoms in total. The third-order valence-corrected chi connectivity index (χ3v) is 9.17. The highest BCUT2D eigenvalue weighted by atomic mass is 35.5. The van der Waals surface area contributed by atoms with Gasteiger partial charge in [-0.15, -0.1) is 34.0 Å². The summed E-state index contributed by atoms with van der Waals surface area (Å²) >= 11 is 9.32. The van der Waals surface area contributed by atoms with E-state index in [0.717, 1.165) is 33.4 Å². The molecule has 7 aromatic rings. The van der Waals surface area contributed by atoms with Gasteiger partial charge in [0.05, 0.1) is 4.70 Å². The Morgan fingerprint density at radius 2 is 1.58 bits per heavy atom. The number of H-pyrrole nitrogens is 2. The third-order valence-electron chi connectivity index (χ3n) is 6.05. The molecule has 232 valence electrons. The van der Waals surface area contributed by atoms with Gasteiger partial charge in [-0.3, -0.25) is 0 Å². The number of thiophene rings is 2. The van der Waals surface area contributed by atoms with E-state index >= 15 is 0 Å². The second-order valence-corrected chi connectivity index (χ2v) is 12.1. The number of aromatic amines is 2. The number of nitrogens with zero attached hydrogens (tertiary/aromatic N) is 4. The van der Waals surface area contributed by atoms with Crippen LogP contribution in [0.2, 0.25) is 4.34 Å². The molecule has 1 aromatic carbocycles. The van der Waals surface area contributed by atoms with E-state index in [1.807, 2.05) is 31.4 Å². The largest absolute Gasteiger partial charge is 0.471 e. The van der Waals surface area contributed by atoms with Crippen molar-refractivity contribution in [3.8, 4) is 39.7 Å². The predicted octanol–water partition coefficient (Wildman–Crippen LogP) is 10.9. The van der Waals surface area contributed by atoms with Crippen LogP contribution in [0.3, 0.4) is 0 Å². The average molecular weight is 699 g/mol. The van der Waals surface area contributed by atoms with E-state index in [2.05, 4.69) is 29.6 Å². The van der Waals surface area contributed by atoms with Crippen LogP contribution in [0, 0.1) is 11.3 Å². The molecule has 0 aliphatic rings. The number of rotatable bonds is 3. The molecule has 6 aromatic heterocycles. The number of fused-ring (bicyclic) bond motifs is 2. The first-order valence-corrected chi connectivity index (χ1v) is 15.7. The van der Waals surface area contributed by atoms with Crippen LogP contribution in [0.4, 0.5) is 26.3 Å². The first-order chi connectivity index (χ1) is 21.4. The molecule has 6 heterocycles. The van der Waals surface area contributed by atoms with E-state index in [1.165, 1.54) is 29.0 Å². The van der Waals surface area contributed by atoms with Crippen molar-refractivity contribution in [3.63, 3.8) is 0 Å². The molecule has 0 bridgehead atoms. The molecule has 0 radical (unpaired) electrons. The van der Waals surface area contributed by atoms with Gasteiger partial charge in [-0.2, -0.15) is 36.6 Å². The van der Waals surface area contributed by atoms with Crippen LogP contribution in [-0.4, -0.2) is 25.1 Å². The molecule has 0 saturated heterocycles. The predicted molar refractivity (Wildman–Crippen MR) is 163 cm³/mol. The zero-order valence-corrected chi connectivity index (χ0v) is 26.0. The molecule has 2 N–H and O–H groups in total. The summed E-state index contributed by atoms with van der Waals surface area (Å²) in [5, 5.41) is 16.5. The van der Waals surface area contributed by atoms with Crippen LogP contribution in [0.5, 0.6) is 0 Å². The van der Waals surface area contributed by atoms with E-state index in [4.69, 9.17) is 16.9 Å². The molecule has 0 atom stereocenters. The summed E-state index contributed by atoms with van der Waals surface area (Å²) in [4.78, 5) is 12.7. The van der Waals surface area contributed by atoms with Crippen molar-refractivity contribution < 1.29 is 30.9 Å². The molecule has 0 aliphatic heterocycles. The molecule has 7 rings (SSSR count). The van der Waals surface area contributed by atoms with Crippen LogP contribution in [-0.2, 0) is 12.4 Å². The monoisotopic (exact) mass is 698 g/mol. The minimum absolute atomic E-state index is 0.118. The lowest BCUT2D eigenvalue weighted by atomic mass is 10.1. The Hall–Kier alpha value is -4.17. The van der Waals surface area contributed by atoms with E-state index in [1.54, 1.807) is 24.4 Å². The van der Waals surface area contributed by atoms with Crippen molar-refractivity contribution in [1.29, 1.82) is 5.26 Å². The minimum atomic E-state index is -4.67. The number of halogens is 7. The maximum absolute atomic E-state index is 12.9. The van der Waals surface area contributed by atoms with Gasteiger partial charge in [0.25, 0.3) is 0 Å². The Kier molecular flexibility index (Phi) is 9.08. The molecule has 17 heteroatoms. The molecular formula is C28H17ClF6N6OS3. The smallest absolute Gasteiger partial charge is 0.361 e. The first kappa shape index (κ1) is 32.2. The summed E-state index contributed by atoms with van der Waals surface area (Å²) in [6, 6.07) is 10.3.